The van der Waals surface area contributed by atoms with Crippen molar-refractivity contribution in [3.63, 3.8) is 0 Å². The molecule has 1 aliphatic rings. The van der Waals surface area contributed by atoms with Crippen LogP contribution in [0.4, 0.5) is 17.2 Å². The summed E-state index contributed by atoms with van der Waals surface area (Å²) < 4.78 is 0. The molecule has 0 amide bonds. The summed E-state index contributed by atoms with van der Waals surface area (Å²) in [6.45, 7) is 3.48. The molecule has 108 valence electrons. The van der Waals surface area contributed by atoms with Crippen LogP contribution >= 0.6 is 0 Å². The van der Waals surface area contributed by atoms with Gasteiger partial charge in [0.05, 0.1) is 4.92 Å². The second kappa shape index (κ2) is 5.49. The molecule has 0 saturated heterocycles. The molecule has 2 N–H and O–H groups in total. The number of hydrogen-bond acceptors (Lipinski definition) is 5. The van der Waals surface area contributed by atoms with E-state index in [0.717, 1.165) is 25.2 Å². The van der Waals surface area contributed by atoms with Crippen molar-refractivity contribution >= 4 is 17.2 Å². The van der Waals surface area contributed by atoms with Crippen LogP contribution in [0.3, 0.4) is 0 Å². The maximum atomic E-state index is 10.8. The van der Waals surface area contributed by atoms with E-state index in [1.165, 1.54) is 17.2 Å². The number of aryl methyl sites for hydroxylation is 1. The summed E-state index contributed by atoms with van der Waals surface area (Å²) in [6, 6.07) is 9.27. The Kier molecular flexibility index (Phi) is 3.53. The van der Waals surface area contributed by atoms with E-state index >= 15 is 0 Å². The zero-order chi connectivity index (χ0) is 14.8. The highest BCUT2D eigenvalue weighted by Crippen LogP contribution is 2.27. The molecule has 0 atom stereocenters. The minimum atomic E-state index is -0.415. The Labute approximate surface area is 122 Å². The third-order valence-electron chi connectivity index (χ3n) is 3.66. The number of benzene rings is 1. The van der Waals surface area contributed by atoms with Crippen molar-refractivity contribution < 1.29 is 4.92 Å². The number of nitrogens with zero attached hydrogens (tertiary/aromatic N) is 2. The SMILES string of the molecule is Cc1nc(Nc2cccc3c2CCNC3)ccc1[N+](=O)[O-]. The molecular formula is C15H16N4O2. The zero-order valence-corrected chi connectivity index (χ0v) is 11.7. The number of nitrogens with one attached hydrogen (secondary N) is 2. The summed E-state index contributed by atoms with van der Waals surface area (Å²) in [6.07, 6.45) is 0.963. The fraction of sp³-hybridized carbons (Fsp3) is 0.267. The van der Waals surface area contributed by atoms with Gasteiger partial charge in [-0.25, -0.2) is 4.98 Å². The second-order valence-electron chi connectivity index (χ2n) is 5.05. The number of aromatic nitrogens is 1. The van der Waals surface area contributed by atoms with E-state index in [0.29, 0.717) is 11.5 Å². The van der Waals surface area contributed by atoms with Gasteiger partial charge in [-0.2, -0.15) is 0 Å². The van der Waals surface area contributed by atoms with Crippen molar-refractivity contribution in [1.82, 2.24) is 10.3 Å². The molecule has 0 spiro atoms. The number of hydrogen-bond donors (Lipinski definition) is 2. The molecule has 2 aromatic rings. The third kappa shape index (κ3) is 2.71. The Hall–Kier alpha value is -2.47. The molecule has 0 aliphatic carbocycles. The highest BCUT2D eigenvalue weighted by atomic mass is 16.6. The Morgan fingerprint density at radius 3 is 2.95 bits per heavy atom. The number of anilines is 2. The smallest absolute Gasteiger partial charge is 0.290 e. The summed E-state index contributed by atoms with van der Waals surface area (Å²) in [5, 5.41) is 17.4. The lowest BCUT2D eigenvalue weighted by Crippen LogP contribution is -2.24. The van der Waals surface area contributed by atoms with Crippen LogP contribution in [0.1, 0.15) is 16.8 Å². The number of pyridine rings is 1. The number of rotatable bonds is 3. The maximum absolute atomic E-state index is 10.8. The predicted octanol–water partition coefficient (Wildman–Crippen LogP) is 2.69. The summed E-state index contributed by atoms with van der Waals surface area (Å²) in [5.41, 5.74) is 4.05. The first-order valence-electron chi connectivity index (χ1n) is 6.85. The van der Waals surface area contributed by atoms with Gasteiger partial charge in [-0.1, -0.05) is 12.1 Å². The van der Waals surface area contributed by atoms with E-state index in [9.17, 15) is 10.1 Å². The molecule has 3 rings (SSSR count). The highest BCUT2D eigenvalue weighted by molar-refractivity contribution is 5.64. The van der Waals surface area contributed by atoms with E-state index < -0.39 is 4.92 Å². The van der Waals surface area contributed by atoms with Crippen LogP contribution < -0.4 is 10.6 Å². The van der Waals surface area contributed by atoms with Crippen LogP contribution in [0.15, 0.2) is 30.3 Å². The molecule has 0 saturated carbocycles. The molecule has 6 nitrogen and oxygen atoms in total. The van der Waals surface area contributed by atoms with E-state index in [1.54, 1.807) is 13.0 Å². The lowest BCUT2D eigenvalue weighted by atomic mass is 9.99. The van der Waals surface area contributed by atoms with Gasteiger partial charge in [0.1, 0.15) is 11.5 Å². The molecule has 1 aromatic carbocycles. The number of nitro groups is 1. The molecule has 2 heterocycles. The van der Waals surface area contributed by atoms with Crippen molar-refractivity contribution in [3.8, 4) is 0 Å². The molecule has 0 bridgehead atoms. The van der Waals surface area contributed by atoms with E-state index in [2.05, 4.69) is 21.7 Å². The van der Waals surface area contributed by atoms with Crippen LogP contribution in [0.5, 0.6) is 0 Å². The molecule has 0 fully saturated rings. The lowest BCUT2D eigenvalue weighted by molar-refractivity contribution is -0.385. The minimum Gasteiger partial charge on any atom is -0.340 e. The van der Waals surface area contributed by atoms with Crippen LogP contribution in [0, 0.1) is 17.0 Å². The summed E-state index contributed by atoms with van der Waals surface area (Å²) in [4.78, 5) is 14.7. The highest BCUT2D eigenvalue weighted by Gasteiger charge is 2.15. The molecular weight excluding hydrogens is 268 g/mol. The standard InChI is InChI=1S/C15H16N4O2/c1-10-14(19(20)21)5-6-15(17-10)18-13-4-2-3-11-9-16-8-7-12(11)13/h2-6,16H,7-9H2,1H3,(H,17,18). The van der Waals surface area contributed by atoms with E-state index in [1.807, 2.05) is 12.1 Å². The monoisotopic (exact) mass is 284 g/mol. The minimum absolute atomic E-state index is 0.0415. The maximum Gasteiger partial charge on any atom is 0.290 e. The van der Waals surface area contributed by atoms with Crippen molar-refractivity contribution in [1.29, 1.82) is 0 Å². The van der Waals surface area contributed by atoms with Gasteiger partial charge in [-0.15, -0.1) is 0 Å². The molecule has 0 radical (unpaired) electrons. The van der Waals surface area contributed by atoms with Gasteiger partial charge in [-0.05, 0) is 43.1 Å². The topological polar surface area (TPSA) is 80.1 Å². The first-order chi connectivity index (χ1) is 10.1. The van der Waals surface area contributed by atoms with Crippen LogP contribution in [-0.2, 0) is 13.0 Å². The molecule has 1 aromatic heterocycles. The molecule has 21 heavy (non-hydrogen) atoms. The Morgan fingerprint density at radius 1 is 1.33 bits per heavy atom. The molecule has 0 unspecified atom stereocenters. The number of fused-ring (bicyclic) bond motifs is 1. The van der Waals surface area contributed by atoms with Crippen molar-refractivity contribution in [2.75, 3.05) is 11.9 Å². The van der Waals surface area contributed by atoms with Crippen LogP contribution in [0.25, 0.3) is 0 Å². The Balaban J connectivity index is 1.91. The summed E-state index contributed by atoms with van der Waals surface area (Å²) in [5.74, 6) is 0.630. The normalized spacial score (nSPS) is 13.6. The summed E-state index contributed by atoms with van der Waals surface area (Å²) >= 11 is 0. The van der Waals surface area contributed by atoms with Gasteiger partial charge in [0.15, 0.2) is 0 Å². The van der Waals surface area contributed by atoms with Crippen LogP contribution in [-0.4, -0.2) is 16.5 Å². The zero-order valence-electron chi connectivity index (χ0n) is 11.7. The quantitative estimate of drug-likeness (QED) is 0.669. The third-order valence-corrected chi connectivity index (χ3v) is 3.66. The van der Waals surface area contributed by atoms with E-state index in [4.69, 9.17) is 0 Å². The molecule has 6 heteroatoms. The average molecular weight is 284 g/mol. The van der Waals surface area contributed by atoms with Crippen molar-refractivity contribution in [2.45, 2.75) is 19.9 Å². The molecule has 1 aliphatic heterocycles. The fourth-order valence-electron chi connectivity index (χ4n) is 2.60. The van der Waals surface area contributed by atoms with Gasteiger partial charge in [0.25, 0.3) is 5.69 Å². The van der Waals surface area contributed by atoms with Gasteiger partial charge < -0.3 is 10.6 Å². The first kappa shape index (κ1) is 13.5. The largest absolute Gasteiger partial charge is 0.340 e. The first-order valence-corrected chi connectivity index (χ1v) is 6.85. The summed E-state index contributed by atoms with van der Waals surface area (Å²) in [7, 11) is 0. The van der Waals surface area contributed by atoms with Crippen LogP contribution in [0.2, 0.25) is 0 Å². The Morgan fingerprint density at radius 2 is 2.19 bits per heavy atom. The average Bonchev–Trinajstić information content (AvgIpc) is 2.47. The van der Waals surface area contributed by atoms with Crippen molar-refractivity contribution in [2.24, 2.45) is 0 Å². The second-order valence-corrected chi connectivity index (χ2v) is 5.05. The predicted molar refractivity (Wildman–Crippen MR) is 80.8 cm³/mol. The van der Waals surface area contributed by atoms with Gasteiger partial charge in [-0.3, -0.25) is 10.1 Å². The van der Waals surface area contributed by atoms with Crippen molar-refractivity contribution in [3.05, 3.63) is 57.3 Å². The van der Waals surface area contributed by atoms with Gasteiger partial charge >= 0.3 is 0 Å². The Bertz CT molecular complexity index is 700. The van der Waals surface area contributed by atoms with Gasteiger partial charge in [0.2, 0.25) is 0 Å². The lowest BCUT2D eigenvalue weighted by Gasteiger charge is -2.20. The van der Waals surface area contributed by atoms with E-state index in [-0.39, 0.29) is 5.69 Å². The van der Waals surface area contributed by atoms with Gasteiger partial charge in [0, 0.05) is 18.3 Å². The fourth-order valence-corrected chi connectivity index (χ4v) is 2.60.